The smallest absolute Gasteiger partial charge is 0.271 e. The van der Waals surface area contributed by atoms with Crippen LogP contribution in [0.25, 0.3) is 0 Å². The topological polar surface area (TPSA) is 72.5 Å². The highest BCUT2D eigenvalue weighted by Crippen LogP contribution is 2.29. The lowest BCUT2D eigenvalue weighted by atomic mass is 10.1. The number of amides is 1. The highest BCUT2D eigenvalue weighted by Gasteiger charge is 2.23. The fraction of sp³-hybridized carbons (Fsp3) is 0.545. The molecule has 1 N–H and O–H groups in total. The predicted molar refractivity (Wildman–Crippen MR) is 75.5 cm³/mol. The van der Waals surface area contributed by atoms with Crippen molar-refractivity contribution in [3.63, 3.8) is 0 Å². The highest BCUT2D eigenvalue weighted by molar-refractivity contribution is 8.15. The van der Waals surface area contributed by atoms with Gasteiger partial charge in [-0.3, -0.25) is 4.79 Å². The van der Waals surface area contributed by atoms with E-state index in [4.69, 9.17) is 15.4 Å². The third kappa shape index (κ3) is 4.17. The van der Waals surface area contributed by atoms with E-state index in [1.54, 1.807) is 14.0 Å². The molecule has 0 atom stereocenters. The van der Waals surface area contributed by atoms with Crippen LogP contribution in [0.2, 0.25) is 0 Å². The summed E-state index contributed by atoms with van der Waals surface area (Å²) in [6.07, 6.45) is 0. The van der Waals surface area contributed by atoms with Gasteiger partial charge >= 0.3 is 0 Å². The number of carbonyl (C=O) groups is 1. The van der Waals surface area contributed by atoms with Gasteiger partial charge < -0.3 is 10.1 Å². The van der Waals surface area contributed by atoms with Crippen LogP contribution in [0.5, 0.6) is 0 Å². The van der Waals surface area contributed by atoms with Crippen LogP contribution in [0, 0.1) is 6.92 Å². The van der Waals surface area contributed by atoms with Crippen LogP contribution in [-0.2, 0) is 13.8 Å². The quantitative estimate of drug-likeness (QED) is 0.842. The fourth-order valence-corrected chi connectivity index (χ4v) is 3.87. The minimum Gasteiger partial charge on any atom is -0.377 e. The average Bonchev–Trinajstić information content (AvgIpc) is 2.68. The van der Waals surface area contributed by atoms with E-state index in [1.807, 2.05) is 13.8 Å². The van der Waals surface area contributed by atoms with Crippen LogP contribution in [0.15, 0.2) is 9.59 Å². The van der Waals surface area contributed by atoms with Crippen LogP contribution in [0.4, 0.5) is 0 Å². The van der Waals surface area contributed by atoms with Crippen LogP contribution in [0.1, 0.15) is 29.8 Å². The van der Waals surface area contributed by atoms with Crippen molar-refractivity contribution in [1.82, 2.24) is 5.32 Å². The Kier molecular flexibility index (Phi) is 5.00. The molecule has 0 bridgehead atoms. The molecule has 108 valence electrons. The van der Waals surface area contributed by atoms with Gasteiger partial charge in [-0.05, 0) is 26.3 Å². The van der Waals surface area contributed by atoms with Crippen molar-refractivity contribution in [3.8, 4) is 0 Å². The van der Waals surface area contributed by atoms with Gasteiger partial charge in [0.1, 0.15) is 4.21 Å². The van der Waals surface area contributed by atoms with E-state index in [-0.39, 0.29) is 10.1 Å². The minimum atomic E-state index is -3.81. The van der Waals surface area contributed by atoms with E-state index in [1.165, 1.54) is 5.38 Å². The summed E-state index contributed by atoms with van der Waals surface area (Å²) >= 11 is 0.939. The summed E-state index contributed by atoms with van der Waals surface area (Å²) < 4.78 is 27.7. The largest absolute Gasteiger partial charge is 0.377 e. The second-order valence-electron chi connectivity index (χ2n) is 4.65. The number of rotatable bonds is 5. The molecule has 0 saturated carbocycles. The molecule has 8 heteroatoms. The third-order valence-electron chi connectivity index (χ3n) is 2.69. The van der Waals surface area contributed by atoms with E-state index >= 15 is 0 Å². The number of carbonyl (C=O) groups excluding carboxylic acids is 1. The summed E-state index contributed by atoms with van der Waals surface area (Å²) in [7, 11) is 3.03. The average molecular weight is 326 g/mol. The lowest BCUT2D eigenvalue weighted by Crippen LogP contribution is -2.39. The van der Waals surface area contributed by atoms with Crippen LogP contribution in [0.3, 0.4) is 0 Å². The zero-order valence-corrected chi connectivity index (χ0v) is 13.5. The van der Waals surface area contributed by atoms with Gasteiger partial charge in [0, 0.05) is 29.7 Å². The fourth-order valence-electron chi connectivity index (χ4n) is 1.32. The van der Waals surface area contributed by atoms with Gasteiger partial charge in [-0.25, -0.2) is 8.42 Å². The van der Waals surface area contributed by atoms with Gasteiger partial charge in [0.25, 0.3) is 15.0 Å². The Morgan fingerprint density at radius 2 is 2.11 bits per heavy atom. The SMILES string of the molecule is COC(C)(C)CNC(=O)c1csc(S(=O)(=O)Cl)c1C. The normalized spacial score (nSPS) is 12.5. The van der Waals surface area contributed by atoms with E-state index in [0.717, 1.165) is 11.3 Å². The first-order valence-electron chi connectivity index (χ1n) is 5.44. The van der Waals surface area contributed by atoms with Crippen LogP contribution in [-0.4, -0.2) is 33.6 Å². The van der Waals surface area contributed by atoms with Crippen molar-refractivity contribution < 1.29 is 17.9 Å². The summed E-state index contributed by atoms with van der Waals surface area (Å²) in [5.74, 6) is -0.342. The Bertz CT molecular complexity index is 578. The Labute approximate surface area is 121 Å². The molecule has 0 fully saturated rings. The molecular formula is C11H16ClNO4S2. The van der Waals surface area contributed by atoms with Crippen molar-refractivity contribution >= 4 is 37.0 Å². The first-order chi connectivity index (χ1) is 8.58. The van der Waals surface area contributed by atoms with E-state index in [2.05, 4.69) is 5.32 Å². The van der Waals surface area contributed by atoms with Gasteiger partial charge in [-0.1, -0.05) is 0 Å². The molecule has 0 aliphatic heterocycles. The summed E-state index contributed by atoms with van der Waals surface area (Å²) in [6.45, 7) is 5.55. The van der Waals surface area contributed by atoms with Gasteiger partial charge in [0.2, 0.25) is 0 Å². The van der Waals surface area contributed by atoms with E-state index < -0.39 is 14.7 Å². The van der Waals surface area contributed by atoms with Gasteiger partial charge in [0.05, 0.1) is 11.2 Å². The van der Waals surface area contributed by atoms with Crippen molar-refractivity contribution in [2.75, 3.05) is 13.7 Å². The Morgan fingerprint density at radius 1 is 1.53 bits per heavy atom. The second kappa shape index (κ2) is 5.78. The molecule has 0 unspecified atom stereocenters. The molecule has 1 amide bonds. The van der Waals surface area contributed by atoms with Crippen LogP contribution >= 0.6 is 22.0 Å². The summed E-state index contributed by atoms with van der Waals surface area (Å²) in [5.41, 5.74) is 0.199. The maximum Gasteiger partial charge on any atom is 0.271 e. The number of hydrogen-bond acceptors (Lipinski definition) is 5. The zero-order valence-electron chi connectivity index (χ0n) is 11.1. The van der Waals surface area contributed by atoms with Crippen LogP contribution < -0.4 is 5.32 Å². The van der Waals surface area contributed by atoms with Gasteiger partial charge in [-0.2, -0.15) is 0 Å². The number of methoxy groups -OCH3 is 1. The van der Waals surface area contributed by atoms with Gasteiger partial charge in [-0.15, -0.1) is 11.3 Å². The number of ether oxygens (including phenoxy) is 1. The molecule has 1 heterocycles. The summed E-state index contributed by atoms with van der Waals surface area (Å²) in [5, 5.41) is 4.19. The number of halogens is 1. The summed E-state index contributed by atoms with van der Waals surface area (Å²) in [4.78, 5) is 12.0. The Morgan fingerprint density at radius 3 is 2.53 bits per heavy atom. The minimum absolute atomic E-state index is 0.00492. The zero-order chi connectivity index (χ0) is 14.8. The van der Waals surface area contributed by atoms with E-state index in [9.17, 15) is 13.2 Å². The lowest BCUT2D eigenvalue weighted by Gasteiger charge is -2.23. The molecule has 1 aromatic heterocycles. The maximum atomic E-state index is 12.0. The monoisotopic (exact) mass is 325 g/mol. The Balaban J connectivity index is 2.88. The maximum absolute atomic E-state index is 12.0. The molecule has 0 aliphatic rings. The number of hydrogen-bond donors (Lipinski definition) is 1. The second-order valence-corrected chi connectivity index (χ2v) is 8.29. The standard InChI is InChI=1S/C11H16ClNO4S2/c1-7-8(5-18-10(7)19(12,15)16)9(14)13-6-11(2,3)17-4/h5H,6H2,1-4H3,(H,13,14). The molecule has 0 spiro atoms. The molecule has 0 aromatic carbocycles. The molecule has 1 aromatic rings. The molecule has 0 aliphatic carbocycles. The molecule has 1 rings (SSSR count). The van der Waals surface area contributed by atoms with Crippen molar-refractivity contribution in [2.45, 2.75) is 30.6 Å². The third-order valence-corrected chi connectivity index (χ3v) is 5.99. The molecular weight excluding hydrogens is 310 g/mol. The summed E-state index contributed by atoms with van der Waals surface area (Å²) in [6, 6.07) is 0. The molecule has 0 radical (unpaired) electrons. The van der Waals surface area contributed by atoms with Crippen molar-refractivity contribution in [3.05, 3.63) is 16.5 Å². The molecule has 19 heavy (non-hydrogen) atoms. The van der Waals surface area contributed by atoms with Crippen molar-refractivity contribution in [2.24, 2.45) is 0 Å². The van der Waals surface area contributed by atoms with Gasteiger partial charge in [0.15, 0.2) is 0 Å². The van der Waals surface area contributed by atoms with Crippen molar-refractivity contribution in [1.29, 1.82) is 0 Å². The predicted octanol–water partition coefficient (Wildman–Crippen LogP) is 2.14. The molecule has 5 nitrogen and oxygen atoms in total. The molecule has 0 saturated heterocycles. The first-order valence-corrected chi connectivity index (χ1v) is 8.63. The lowest BCUT2D eigenvalue weighted by molar-refractivity contribution is 0.0228. The highest BCUT2D eigenvalue weighted by atomic mass is 35.7. The first kappa shape index (κ1) is 16.4. The number of nitrogens with one attached hydrogen (secondary N) is 1. The number of thiophene rings is 1. The Hall–Kier alpha value is -0.630. The van der Waals surface area contributed by atoms with E-state index in [0.29, 0.717) is 17.7 Å².